The first kappa shape index (κ1) is 21.0. The number of nitrogens with one attached hydrogen (secondary N) is 1. The smallest absolute Gasteiger partial charge is 0.326 e. The SMILES string of the molecule is COC(=O)C1(CCSC)NC(c2cccs2)C2C(=O)N(c3ccc(F)cc3)C(=O)C21. The van der Waals surface area contributed by atoms with Gasteiger partial charge in [-0.25, -0.2) is 9.29 Å². The molecule has 1 aromatic carbocycles. The Morgan fingerprint density at radius 2 is 2.00 bits per heavy atom. The maximum atomic E-state index is 13.6. The number of carbonyl (C=O) groups excluding carboxylic acids is 3. The van der Waals surface area contributed by atoms with Crippen LogP contribution in [0.3, 0.4) is 0 Å². The van der Waals surface area contributed by atoms with Crippen molar-refractivity contribution in [1.82, 2.24) is 5.32 Å². The van der Waals surface area contributed by atoms with E-state index < -0.39 is 47.0 Å². The van der Waals surface area contributed by atoms with E-state index in [0.29, 0.717) is 17.9 Å². The molecule has 30 heavy (non-hydrogen) atoms. The van der Waals surface area contributed by atoms with Gasteiger partial charge in [0.15, 0.2) is 0 Å². The molecule has 2 amide bonds. The van der Waals surface area contributed by atoms with Crippen molar-refractivity contribution in [3.8, 4) is 0 Å². The first-order valence-electron chi connectivity index (χ1n) is 9.46. The van der Waals surface area contributed by atoms with Crippen molar-refractivity contribution in [2.24, 2.45) is 11.8 Å². The molecule has 2 aliphatic heterocycles. The highest BCUT2D eigenvalue weighted by atomic mass is 32.2. The minimum absolute atomic E-state index is 0.300. The molecule has 4 unspecified atom stereocenters. The number of esters is 1. The number of imide groups is 1. The van der Waals surface area contributed by atoms with Gasteiger partial charge in [-0.05, 0) is 54.1 Å². The van der Waals surface area contributed by atoms with Crippen LogP contribution in [0, 0.1) is 17.7 Å². The molecule has 0 saturated carbocycles. The number of carbonyl (C=O) groups is 3. The molecule has 1 N–H and O–H groups in total. The lowest BCUT2D eigenvalue weighted by Crippen LogP contribution is -2.56. The predicted molar refractivity (Wildman–Crippen MR) is 114 cm³/mol. The third-order valence-electron chi connectivity index (χ3n) is 5.84. The number of thiophene rings is 1. The Morgan fingerprint density at radius 3 is 2.60 bits per heavy atom. The molecule has 2 aromatic rings. The van der Waals surface area contributed by atoms with Gasteiger partial charge in [0, 0.05) is 4.88 Å². The number of rotatable bonds is 6. The molecule has 2 fully saturated rings. The number of thioether (sulfide) groups is 1. The molecule has 9 heteroatoms. The van der Waals surface area contributed by atoms with Crippen molar-refractivity contribution in [1.29, 1.82) is 0 Å². The van der Waals surface area contributed by atoms with Crippen LogP contribution in [-0.2, 0) is 19.1 Å². The van der Waals surface area contributed by atoms with E-state index >= 15 is 0 Å². The zero-order chi connectivity index (χ0) is 21.5. The van der Waals surface area contributed by atoms with Crippen LogP contribution in [0.15, 0.2) is 41.8 Å². The largest absolute Gasteiger partial charge is 0.468 e. The van der Waals surface area contributed by atoms with E-state index in [-0.39, 0.29) is 0 Å². The van der Waals surface area contributed by atoms with Crippen LogP contribution in [0.25, 0.3) is 0 Å². The minimum atomic E-state index is -1.31. The Labute approximate surface area is 181 Å². The van der Waals surface area contributed by atoms with Crippen LogP contribution in [0.5, 0.6) is 0 Å². The second-order valence-electron chi connectivity index (χ2n) is 7.33. The molecule has 1 aromatic heterocycles. The van der Waals surface area contributed by atoms with E-state index in [1.807, 2.05) is 23.8 Å². The third kappa shape index (κ3) is 3.16. The molecule has 2 saturated heterocycles. The number of nitrogens with zero attached hydrogens (tertiary/aromatic N) is 1. The fourth-order valence-electron chi connectivity index (χ4n) is 4.52. The molecule has 2 aliphatic rings. The average molecular weight is 449 g/mol. The number of benzene rings is 1. The van der Waals surface area contributed by atoms with E-state index in [1.165, 1.54) is 42.7 Å². The normalized spacial score (nSPS) is 28.1. The molecule has 0 radical (unpaired) electrons. The van der Waals surface area contributed by atoms with Gasteiger partial charge < -0.3 is 4.74 Å². The summed E-state index contributed by atoms with van der Waals surface area (Å²) in [4.78, 5) is 42.0. The summed E-state index contributed by atoms with van der Waals surface area (Å²) >= 11 is 3.02. The lowest BCUT2D eigenvalue weighted by atomic mass is 9.78. The third-order valence-corrected chi connectivity index (χ3v) is 7.41. The summed E-state index contributed by atoms with van der Waals surface area (Å²) in [6.07, 6.45) is 2.26. The average Bonchev–Trinajstić information content (AvgIpc) is 3.44. The summed E-state index contributed by atoms with van der Waals surface area (Å²) in [7, 11) is 1.29. The highest BCUT2D eigenvalue weighted by Crippen LogP contribution is 2.52. The lowest BCUT2D eigenvalue weighted by molar-refractivity contribution is -0.152. The molecule has 4 atom stereocenters. The lowest BCUT2D eigenvalue weighted by Gasteiger charge is -2.32. The fraction of sp³-hybridized carbons (Fsp3) is 0.381. The zero-order valence-corrected chi connectivity index (χ0v) is 18.1. The molecule has 3 heterocycles. The van der Waals surface area contributed by atoms with E-state index in [1.54, 1.807) is 11.8 Å². The van der Waals surface area contributed by atoms with E-state index in [9.17, 15) is 18.8 Å². The fourth-order valence-corrected chi connectivity index (χ4v) is 5.87. The Hall–Kier alpha value is -2.23. The van der Waals surface area contributed by atoms with Crippen LogP contribution in [-0.4, -0.2) is 42.4 Å². The molecule has 4 rings (SSSR count). The number of anilines is 1. The molecule has 0 aliphatic carbocycles. The summed E-state index contributed by atoms with van der Waals surface area (Å²) in [5.74, 6) is -2.90. The first-order chi connectivity index (χ1) is 14.4. The van der Waals surface area contributed by atoms with Gasteiger partial charge in [0.2, 0.25) is 11.8 Å². The summed E-state index contributed by atoms with van der Waals surface area (Å²) in [5, 5.41) is 5.22. The maximum Gasteiger partial charge on any atom is 0.326 e. The Kier molecular flexibility index (Phi) is 5.69. The van der Waals surface area contributed by atoms with Crippen LogP contribution < -0.4 is 10.2 Å². The van der Waals surface area contributed by atoms with Crippen LogP contribution in [0.2, 0.25) is 0 Å². The van der Waals surface area contributed by atoms with Crippen molar-refractivity contribution in [3.63, 3.8) is 0 Å². The topological polar surface area (TPSA) is 75.7 Å². The van der Waals surface area contributed by atoms with Gasteiger partial charge in [-0.3, -0.25) is 19.7 Å². The number of hydrogen-bond donors (Lipinski definition) is 1. The number of methoxy groups -OCH3 is 1. The summed E-state index contributed by atoms with van der Waals surface area (Å²) < 4.78 is 18.5. The summed E-state index contributed by atoms with van der Waals surface area (Å²) in [6, 6.07) is 8.50. The number of hydrogen-bond acceptors (Lipinski definition) is 7. The van der Waals surface area contributed by atoms with Crippen molar-refractivity contribution in [2.75, 3.05) is 24.0 Å². The van der Waals surface area contributed by atoms with Gasteiger partial charge in [0.25, 0.3) is 0 Å². The second kappa shape index (κ2) is 8.13. The number of ether oxygens (including phenoxy) is 1. The summed E-state index contributed by atoms with van der Waals surface area (Å²) in [5.41, 5.74) is -1.01. The Bertz CT molecular complexity index is 966. The molecule has 6 nitrogen and oxygen atoms in total. The zero-order valence-electron chi connectivity index (χ0n) is 16.5. The standard InChI is InChI=1S/C21H21FN2O4S2/c1-28-20(27)21(9-11-29-2)16-15(17(23-21)14-4-3-10-30-14)18(25)24(19(16)26)13-7-5-12(22)6-8-13/h3-8,10,15-17,23H,9,11H2,1-2H3. The molecule has 158 valence electrons. The maximum absolute atomic E-state index is 13.6. The number of amides is 2. The van der Waals surface area contributed by atoms with E-state index in [0.717, 1.165) is 9.78 Å². The van der Waals surface area contributed by atoms with E-state index in [4.69, 9.17) is 4.74 Å². The Morgan fingerprint density at radius 1 is 1.27 bits per heavy atom. The van der Waals surface area contributed by atoms with Gasteiger partial charge in [-0.1, -0.05) is 6.07 Å². The van der Waals surface area contributed by atoms with Gasteiger partial charge in [0.05, 0.1) is 30.7 Å². The van der Waals surface area contributed by atoms with Crippen LogP contribution in [0.4, 0.5) is 10.1 Å². The van der Waals surface area contributed by atoms with Gasteiger partial charge in [0.1, 0.15) is 11.4 Å². The van der Waals surface area contributed by atoms with Crippen molar-refractivity contribution >= 4 is 46.6 Å². The predicted octanol–water partition coefficient (Wildman–Crippen LogP) is 3.00. The van der Waals surface area contributed by atoms with Gasteiger partial charge >= 0.3 is 5.97 Å². The van der Waals surface area contributed by atoms with Crippen LogP contribution >= 0.6 is 23.1 Å². The quantitative estimate of drug-likeness (QED) is 0.541. The molecule has 0 spiro atoms. The monoisotopic (exact) mass is 448 g/mol. The second-order valence-corrected chi connectivity index (χ2v) is 9.30. The highest BCUT2D eigenvalue weighted by Gasteiger charge is 2.68. The first-order valence-corrected chi connectivity index (χ1v) is 11.7. The van der Waals surface area contributed by atoms with Gasteiger partial charge in [-0.15, -0.1) is 11.3 Å². The van der Waals surface area contributed by atoms with Crippen molar-refractivity contribution < 1.29 is 23.5 Å². The molecule has 0 bridgehead atoms. The molecular weight excluding hydrogens is 427 g/mol. The van der Waals surface area contributed by atoms with Crippen LogP contribution in [0.1, 0.15) is 17.3 Å². The highest BCUT2D eigenvalue weighted by molar-refractivity contribution is 7.98. The Balaban J connectivity index is 1.83. The van der Waals surface area contributed by atoms with Crippen molar-refractivity contribution in [3.05, 3.63) is 52.5 Å². The minimum Gasteiger partial charge on any atom is -0.468 e. The molecular formula is C21H21FN2O4S2. The number of halogens is 1. The number of fused-ring (bicyclic) bond motifs is 1. The summed E-state index contributed by atoms with van der Waals surface area (Å²) in [6.45, 7) is 0. The van der Waals surface area contributed by atoms with Crippen molar-refractivity contribution in [2.45, 2.75) is 18.0 Å². The van der Waals surface area contributed by atoms with E-state index in [2.05, 4.69) is 5.32 Å². The van der Waals surface area contributed by atoms with Gasteiger partial charge in [-0.2, -0.15) is 11.8 Å².